The monoisotopic (exact) mass is 349 g/mol. The minimum absolute atomic E-state index is 0.273. The van der Waals surface area contributed by atoms with Crippen molar-refractivity contribution in [3.63, 3.8) is 0 Å². The molecule has 3 rings (SSSR count). The van der Waals surface area contributed by atoms with E-state index in [1.54, 1.807) is 42.6 Å². The Hall–Kier alpha value is -1.74. The van der Waals surface area contributed by atoms with Crippen molar-refractivity contribution in [2.24, 2.45) is 0 Å². The number of halogens is 3. The van der Waals surface area contributed by atoms with Crippen molar-refractivity contribution in [2.45, 2.75) is 0 Å². The molecule has 0 spiro atoms. The summed E-state index contributed by atoms with van der Waals surface area (Å²) in [6, 6.07) is 15.9. The fourth-order valence-corrected chi connectivity index (χ4v) is 2.92. The Balaban J connectivity index is 2.09. The number of benzene rings is 2. The average molecular weight is 351 g/mol. The predicted molar refractivity (Wildman–Crippen MR) is 91.1 cm³/mol. The zero-order valence-corrected chi connectivity index (χ0v) is 13.5. The van der Waals surface area contributed by atoms with Crippen molar-refractivity contribution in [1.29, 1.82) is 0 Å². The van der Waals surface area contributed by atoms with Gasteiger partial charge in [-0.3, -0.25) is 9.36 Å². The first-order valence-corrected chi connectivity index (χ1v) is 7.63. The van der Waals surface area contributed by atoms with Crippen LogP contribution in [0, 0.1) is 0 Å². The zero-order valence-electron chi connectivity index (χ0n) is 11.3. The smallest absolute Gasteiger partial charge is 0.265 e. The second kappa shape index (κ2) is 6.17. The number of hydrogen-bond acceptors (Lipinski definition) is 1. The minimum Gasteiger partial charge on any atom is -0.283 e. The molecule has 2 aromatic carbocycles. The Bertz CT molecular complexity index is 817. The van der Waals surface area contributed by atoms with Crippen LogP contribution < -0.4 is 0 Å². The van der Waals surface area contributed by atoms with Gasteiger partial charge in [0.25, 0.3) is 5.91 Å². The molecule has 110 valence electrons. The maximum atomic E-state index is 12.8. The van der Waals surface area contributed by atoms with Gasteiger partial charge in [-0.25, -0.2) is 0 Å². The fourth-order valence-electron chi connectivity index (χ4n) is 2.24. The first kappa shape index (κ1) is 15.2. The van der Waals surface area contributed by atoms with Gasteiger partial charge < -0.3 is 0 Å². The molecule has 5 heteroatoms. The molecular formula is C17H10Cl3NO. The van der Waals surface area contributed by atoms with Crippen LogP contribution in [0.4, 0.5) is 0 Å². The van der Waals surface area contributed by atoms with Gasteiger partial charge in [-0.15, -0.1) is 0 Å². The van der Waals surface area contributed by atoms with Crippen molar-refractivity contribution in [2.75, 3.05) is 0 Å². The quantitative estimate of drug-likeness (QED) is 0.572. The van der Waals surface area contributed by atoms with Crippen molar-refractivity contribution in [3.8, 4) is 11.3 Å². The number of aromatic nitrogens is 1. The van der Waals surface area contributed by atoms with E-state index >= 15 is 0 Å². The van der Waals surface area contributed by atoms with Crippen molar-refractivity contribution in [3.05, 3.63) is 81.4 Å². The highest BCUT2D eigenvalue weighted by atomic mass is 35.5. The predicted octanol–water partition coefficient (Wildman–Crippen LogP) is 5.80. The number of nitrogens with zero attached hydrogens (tertiary/aromatic N) is 1. The van der Waals surface area contributed by atoms with E-state index in [4.69, 9.17) is 34.8 Å². The first-order chi connectivity index (χ1) is 10.6. The van der Waals surface area contributed by atoms with Gasteiger partial charge in [0.2, 0.25) is 0 Å². The fraction of sp³-hybridized carbons (Fsp3) is 0. The van der Waals surface area contributed by atoms with Crippen molar-refractivity contribution < 1.29 is 4.79 Å². The van der Waals surface area contributed by atoms with Gasteiger partial charge in [-0.2, -0.15) is 0 Å². The van der Waals surface area contributed by atoms with Gasteiger partial charge in [0, 0.05) is 11.2 Å². The molecule has 0 unspecified atom stereocenters. The summed E-state index contributed by atoms with van der Waals surface area (Å²) in [5, 5.41) is 1.30. The normalized spacial score (nSPS) is 10.7. The third-order valence-corrected chi connectivity index (χ3v) is 4.17. The summed E-state index contributed by atoms with van der Waals surface area (Å²) in [7, 11) is 0. The molecule has 0 bridgehead atoms. The van der Waals surface area contributed by atoms with Crippen molar-refractivity contribution >= 4 is 40.7 Å². The molecule has 0 amide bonds. The lowest BCUT2D eigenvalue weighted by atomic mass is 10.1. The van der Waals surface area contributed by atoms with Gasteiger partial charge in [0.05, 0.1) is 21.3 Å². The molecule has 0 aliphatic rings. The van der Waals surface area contributed by atoms with E-state index in [2.05, 4.69) is 0 Å². The number of carbonyl (C=O) groups excluding carboxylic acids is 1. The molecule has 1 heterocycles. The molecule has 3 aromatic rings. The SMILES string of the molecule is O=C(c1c(Cl)cccc1Cl)n1cccc1-c1ccc(Cl)cc1. The summed E-state index contributed by atoms with van der Waals surface area (Å²) in [4.78, 5) is 12.8. The lowest BCUT2D eigenvalue weighted by Gasteiger charge is -2.11. The average Bonchev–Trinajstić information content (AvgIpc) is 2.97. The molecule has 2 nitrogen and oxygen atoms in total. The van der Waals surface area contributed by atoms with Crippen LogP contribution >= 0.6 is 34.8 Å². The molecule has 0 saturated heterocycles. The molecule has 0 saturated carbocycles. The number of hydrogen-bond donors (Lipinski definition) is 0. The summed E-state index contributed by atoms with van der Waals surface area (Å²) in [5.41, 5.74) is 1.92. The van der Waals surface area contributed by atoms with Crippen LogP contribution in [0.2, 0.25) is 15.1 Å². The molecular weight excluding hydrogens is 341 g/mol. The third-order valence-electron chi connectivity index (χ3n) is 3.28. The summed E-state index contributed by atoms with van der Waals surface area (Å²) in [6.07, 6.45) is 1.69. The van der Waals surface area contributed by atoms with Gasteiger partial charge in [0.15, 0.2) is 0 Å². The molecule has 0 N–H and O–H groups in total. The Morgan fingerprint density at radius 3 is 2.09 bits per heavy atom. The third kappa shape index (κ3) is 2.78. The highest BCUT2D eigenvalue weighted by Crippen LogP contribution is 2.28. The highest BCUT2D eigenvalue weighted by molar-refractivity contribution is 6.39. The van der Waals surface area contributed by atoms with Gasteiger partial charge >= 0.3 is 0 Å². The maximum Gasteiger partial charge on any atom is 0.265 e. The van der Waals surface area contributed by atoms with Crippen LogP contribution in [0.5, 0.6) is 0 Å². The highest BCUT2D eigenvalue weighted by Gasteiger charge is 2.18. The van der Waals surface area contributed by atoms with Crippen molar-refractivity contribution in [1.82, 2.24) is 4.57 Å². The Morgan fingerprint density at radius 2 is 1.45 bits per heavy atom. The van der Waals surface area contributed by atoms with E-state index in [-0.39, 0.29) is 11.5 Å². The summed E-state index contributed by atoms with van der Waals surface area (Å²) in [6.45, 7) is 0. The van der Waals surface area contributed by atoms with Crippen LogP contribution in [0.3, 0.4) is 0 Å². The van der Waals surface area contributed by atoms with Crippen LogP contribution in [-0.2, 0) is 0 Å². The molecule has 1 aromatic heterocycles. The van der Waals surface area contributed by atoms with Gasteiger partial charge in [-0.1, -0.05) is 53.0 Å². The summed E-state index contributed by atoms with van der Waals surface area (Å²) < 4.78 is 1.52. The van der Waals surface area contributed by atoms with E-state index in [1.807, 2.05) is 18.2 Å². The van der Waals surface area contributed by atoms with Gasteiger partial charge in [-0.05, 0) is 42.0 Å². The zero-order chi connectivity index (χ0) is 15.7. The molecule has 0 aliphatic heterocycles. The van der Waals surface area contributed by atoms with Crippen LogP contribution in [0.25, 0.3) is 11.3 Å². The summed E-state index contributed by atoms with van der Waals surface area (Å²) in [5.74, 6) is -0.273. The summed E-state index contributed by atoms with van der Waals surface area (Å²) >= 11 is 18.2. The van der Waals surface area contributed by atoms with Crippen LogP contribution in [0.15, 0.2) is 60.8 Å². The van der Waals surface area contributed by atoms with E-state index in [0.29, 0.717) is 15.1 Å². The van der Waals surface area contributed by atoms with Gasteiger partial charge in [0.1, 0.15) is 0 Å². The van der Waals surface area contributed by atoms with E-state index in [1.165, 1.54) is 4.57 Å². The largest absolute Gasteiger partial charge is 0.283 e. The standard InChI is InChI=1S/C17H10Cl3NO/c18-12-8-6-11(7-9-12)15-5-2-10-21(15)17(22)16-13(19)3-1-4-14(16)20/h1-10H. The number of rotatable bonds is 2. The first-order valence-electron chi connectivity index (χ1n) is 6.50. The molecule has 22 heavy (non-hydrogen) atoms. The van der Waals surface area contributed by atoms with E-state index in [9.17, 15) is 4.79 Å². The molecule has 0 atom stereocenters. The second-order valence-corrected chi connectivity index (χ2v) is 5.92. The maximum absolute atomic E-state index is 12.8. The molecule has 0 aliphatic carbocycles. The minimum atomic E-state index is -0.273. The number of carbonyl (C=O) groups is 1. The Kier molecular flexibility index (Phi) is 4.25. The lowest BCUT2D eigenvalue weighted by Crippen LogP contribution is -2.13. The van der Waals surface area contributed by atoms with Crippen LogP contribution in [0.1, 0.15) is 10.4 Å². The van der Waals surface area contributed by atoms with E-state index in [0.717, 1.165) is 11.3 Å². The molecule has 0 radical (unpaired) electrons. The topological polar surface area (TPSA) is 22.0 Å². The Labute approximate surface area is 142 Å². The van der Waals surface area contributed by atoms with E-state index < -0.39 is 0 Å². The second-order valence-electron chi connectivity index (χ2n) is 4.67. The lowest BCUT2D eigenvalue weighted by molar-refractivity contribution is 0.0962. The molecule has 0 fully saturated rings. The Morgan fingerprint density at radius 1 is 0.818 bits per heavy atom. The van der Waals surface area contributed by atoms with Crippen LogP contribution in [-0.4, -0.2) is 10.5 Å².